The number of halogens is 2. The molecule has 0 aromatic heterocycles. The van der Waals surface area contributed by atoms with Crippen molar-refractivity contribution in [3.63, 3.8) is 0 Å². The molecule has 0 saturated heterocycles. The summed E-state index contributed by atoms with van der Waals surface area (Å²) >= 11 is 6.97. The molecule has 0 spiro atoms. The van der Waals surface area contributed by atoms with Crippen molar-refractivity contribution in [2.75, 3.05) is 13.1 Å². The van der Waals surface area contributed by atoms with E-state index < -0.39 is 12.2 Å². The molecule has 2 aromatic carbocycles. The Morgan fingerprint density at radius 1 is 0.632 bits per heavy atom. The predicted molar refractivity (Wildman–Crippen MR) is 161 cm³/mol. The predicted octanol–water partition coefficient (Wildman–Crippen LogP) is 7.25. The Labute approximate surface area is 244 Å². The van der Waals surface area contributed by atoms with Crippen molar-refractivity contribution in [1.82, 2.24) is 10.6 Å². The monoisotopic (exact) mass is 652 g/mol. The fraction of sp³-hybridized carbons (Fsp3) is 0.533. The summed E-state index contributed by atoms with van der Waals surface area (Å²) in [5.74, 6) is 1.35. The Bertz CT molecular complexity index is 958. The largest absolute Gasteiger partial charge is 0.480 e. The van der Waals surface area contributed by atoms with E-state index >= 15 is 0 Å². The second-order valence-corrected chi connectivity index (χ2v) is 11.8. The molecule has 0 radical (unpaired) electrons. The van der Waals surface area contributed by atoms with Gasteiger partial charge < -0.3 is 20.1 Å². The SMILES string of the molecule is Cc1cc(Br)cc(C)c1OC(C)C(=O)NCCCCCCCCNC(=O)C(C)Oc1c(C)cc(Br)cc1C. The Kier molecular flexibility index (Phi) is 13.7. The average molecular weight is 654 g/mol. The highest BCUT2D eigenvalue weighted by Gasteiger charge is 2.18. The fourth-order valence-electron chi connectivity index (χ4n) is 4.29. The molecule has 2 N–H and O–H groups in total. The van der Waals surface area contributed by atoms with Gasteiger partial charge in [-0.1, -0.05) is 57.5 Å². The zero-order chi connectivity index (χ0) is 28.2. The Morgan fingerprint density at radius 2 is 0.921 bits per heavy atom. The summed E-state index contributed by atoms with van der Waals surface area (Å²) in [4.78, 5) is 24.8. The lowest BCUT2D eigenvalue weighted by atomic mass is 10.1. The van der Waals surface area contributed by atoms with Crippen LogP contribution in [0.25, 0.3) is 0 Å². The molecule has 2 aromatic rings. The quantitative estimate of drug-likeness (QED) is 0.199. The van der Waals surface area contributed by atoms with Gasteiger partial charge in [0, 0.05) is 22.0 Å². The second kappa shape index (κ2) is 16.1. The summed E-state index contributed by atoms with van der Waals surface area (Å²) in [7, 11) is 0. The maximum absolute atomic E-state index is 12.4. The van der Waals surface area contributed by atoms with Crippen LogP contribution in [0.15, 0.2) is 33.2 Å². The number of hydrogen-bond donors (Lipinski definition) is 2. The van der Waals surface area contributed by atoms with Crippen molar-refractivity contribution in [2.24, 2.45) is 0 Å². The van der Waals surface area contributed by atoms with Gasteiger partial charge in [-0.2, -0.15) is 0 Å². The molecule has 0 fully saturated rings. The van der Waals surface area contributed by atoms with E-state index in [1.54, 1.807) is 13.8 Å². The summed E-state index contributed by atoms with van der Waals surface area (Å²) in [6.07, 6.45) is 5.13. The van der Waals surface area contributed by atoms with Crippen LogP contribution in [0.3, 0.4) is 0 Å². The van der Waals surface area contributed by atoms with Gasteiger partial charge in [-0.15, -0.1) is 0 Å². The van der Waals surface area contributed by atoms with Crippen LogP contribution in [0.4, 0.5) is 0 Å². The third-order valence-corrected chi connectivity index (χ3v) is 7.30. The average Bonchev–Trinajstić information content (AvgIpc) is 2.84. The zero-order valence-electron chi connectivity index (χ0n) is 23.5. The highest BCUT2D eigenvalue weighted by molar-refractivity contribution is 9.10. The van der Waals surface area contributed by atoms with Crippen molar-refractivity contribution in [1.29, 1.82) is 0 Å². The lowest BCUT2D eigenvalue weighted by Crippen LogP contribution is -2.37. The number of nitrogens with one attached hydrogen (secondary N) is 2. The third kappa shape index (κ3) is 10.6. The molecule has 0 aliphatic heterocycles. The van der Waals surface area contributed by atoms with E-state index in [1.807, 2.05) is 52.0 Å². The number of unbranched alkanes of at least 4 members (excludes halogenated alkanes) is 5. The second-order valence-electron chi connectivity index (χ2n) is 9.96. The first-order chi connectivity index (χ1) is 18.0. The first-order valence-corrected chi connectivity index (χ1v) is 15.0. The van der Waals surface area contributed by atoms with Gasteiger partial charge in [-0.25, -0.2) is 0 Å². The van der Waals surface area contributed by atoms with Gasteiger partial charge in [0.25, 0.3) is 11.8 Å². The molecular formula is C30H42Br2N2O4. The topological polar surface area (TPSA) is 76.7 Å². The van der Waals surface area contributed by atoms with Crippen LogP contribution in [-0.4, -0.2) is 37.1 Å². The minimum absolute atomic E-state index is 0.0916. The van der Waals surface area contributed by atoms with Crippen LogP contribution in [0, 0.1) is 27.7 Å². The van der Waals surface area contributed by atoms with E-state index in [9.17, 15) is 9.59 Å². The van der Waals surface area contributed by atoms with Crippen LogP contribution in [0.1, 0.15) is 74.6 Å². The molecule has 2 amide bonds. The summed E-state index contributed by atoms with van der Waals surface area (Å²) in [5, 5.41) is 5.96. The van der Waals surface area contributed by atoms with Crippen molar-refractivity contribution in [3.05, 3.63) is 55.5 Å². The van der Waals surface area contributed by atoms with Gasteiger partial charge in [0.05, 0.1) is 0 Å². The minimum atomic E-state index is -0.542. The number of benzene rings is 2. The van der Waals surface area contributed by atoms with Gasteiger partial charge in [0.2, 0.25) is 0 Å². The molecule has 2 atom stereocenters. The Hall–Kier alpha value is -2.06. The molecule has 0 bridgehead atoms. The number of aryl methyl sites for hydroxylation is 4. The molecule has 38 heavy (non-hydrogen) atoms. The van der Waals surface area contributed by atoms with Crippen molar-refractivity contribution < 1.29 is 19.1 Å². The molecule has 0 heterocycles. The Morgan fingerprint density at radius 3 is 1.24 bits per heavy atom. The lowest BCUT2D eigenvalue weighted by Gasteiger charge is -2.18. The van der Waals surface area contributed by atoms with Gasteiger partial charge >= 0.3 is 0 Å². The van der Waals surface area contributed by atoms with E-state index in [-0.39, 0.29) is 11.8 Å². The van der Waals surface area contributed by atoms with E-state index in [0.29, 0.717) is 13.1 Å². The summed E-state index contributed by atoms with van der Waals surface area (Å²) in [6.45, 7) is 12.8. The zero-order valence-corrected chi connectivity index (χ0v) is 26.7. The molecule has 0 saturated carbocycles. The minimum Gasteiger partial charge on any atom is -0.480 e. The maximum Gasteiger partial charge on any atom is 0.260 e. The smallest absolute Gasteiger partial charge is 0.260 e. The summed E-state index contributed by atoms with van der Waals surface area (Å²) in [6, 6.07) is 7.96. The first-order valence-electron chi connectivity index (χ1n) is 13.4. The van der Waals surface area contributed by atoms with Crippen LogP contribution in [-0.2, 0) is 9.59 Å². The molecule has 8 heteroatoms. The molecule has 0 aliphatic carbocycles. The maximum atomic E-state index is 12.4. The van der Waals surface area contributed by atoms with Crippen LogP contribution in [0.5, 0.6) is 11.5 Å². The molecule has 0 aliphatic rings. The van der Waals surface area contributed by atoms with Gasteiger partial charge in [-0.3, -0.25) is 9.59 Å². The lowest BCUT2D eigenvalue weighted by molar-refractivity contribution is -0.127. The van der Waals surface area contributed by atoms with Gasteiger partial charge in [-0.05, 0) is 101 Å². The number of rotatable bonds is 15. The third-order valence-electron chi connectivity index (χ3n) is 6.38. The van der Waals surface area contributed by atoms with E-state index in [1.165, 1.54) is 0 Å². The van der Waals surface area contributed by atoms with Crippen molar-refractivity contribution >= 4 is 43.7 Å². The van der Waals surface area contributed by atoms with Crippen LogP contribution < -0.4 is 20.1 Å². The highest BCUT2D eigenvalue weighted by atomic mass is 79.9. The van der Waals surface area contributed by atoms with E-state index in [4.69, 9.17) is 9.47 Å². The molecular weight excluding hydrogens is 612 g/mol. The molecule has 210 valence electrons. The number of ether oxygens (including phenoxy) is 2. The Balaban J connectivity index is 1.53. The van der Waals surface area contributed by atoms with Crippen LogP contribution >= 0.6 is 31.9 Å². The normalized spacial score (nSPS) is 12.5. The number of amides is 2. The first kappa shape index (κ1) is 32.2. The van der Waals surface area contributed by atoms with Gasteiger partial charge in [0.15, 0.2) is 12.2 Å². The number of carbonyl (C=O) groups is 2. The van der Waals surface area contributed by atoms with Crippen molar-refractivity contribution in [2.45, 2.75) is 92.3 Å². The van der Waals surface area contributed by atoms with Crippen LogP contribution in [0.2, 0.25) is 0 Å². The summed E-state index contributed by atoms with van der Waals surface area (Å²) in [5.41, 5.74) is 4.02. The molecule has 6 nitrogen and oxygen atoms in total. The van der Waals surface area contributed by atoms with Crippen molar-refractivity contribution in [3.8, 4) is 11.5 Å². The molecule has 2 rings (SSSR count). The van der Waals surface area contributed by atoms with E-state index in [2.05, 4.69) is 42.5 Å². The highest BCUT2D eigenvalue weighted by Crippen LogP contribution is 2.29. The number of hydrogen-bond acceptors (Lipinski definition) is 4. The van der Waals surface area contributed by atoms with E-state index in [0.717, 1.165) is 81.2 Å². The summed E-state index contributed by atoms with van der Waals surface area (Å²) < 4.78 is 13.9. The standard InChI is InChI=1S/C30H42Br2N2O4/c1-19-15-25(31)16-20(2)27(19)37-23(5)29(35)33-13-11-9-7-8-10-12-14-34-30(36)24(6)38-28-21(3)17-26(32)18-22(28)4/h15-18,23-24H,7-14H2,1-6H3,(H,33,35)(H,34,36). The fourth-order valence-corrected chi connectivity index (χ4v) is 5.67. The molecule has 2 unspecified atom stereocenters. The number of carbonyl (C=O) groups excluding carboxylic acids is 2. The van der Waals surface area contributed by atoms with Gasteiger partial charge in [0.1, 0.15) is 11.5 Å².